The lowest BCUT2D eigenvalue weighted by Gasteiger charge is -2.36. The molecule has 1 atom stereocenters. The highest BCUT2D eigenvalue weighted by atomic mass is 32.1. The Labute approximate surface area is 175 Å². The van der Waals surface area contributed by atoms with Crippen LogP contribution in [0.1, 0.15) is 44.0 Å². The minimum Gasteiger partial charge on any atom is -0.494 e. The van der Waals surface area contributed by atoms with E-state index in [0.717, 1.165) is 6.42 Å². The van der Waals surface area contributed by atoms with Gasteiger partial charge in [-0.1, -0.05) is 6.92 Å². The first kappa shape index (κ1) is 22.6. The van der Waals surface area contributed by atoms with Gasteiger partial charge in [0.1, 0.15) is 11.8 Å². The fourth-order valence-electron chi connectivity index (χ4n) is 2.79. The molecule has 2 N–H and O–H groups in total. The van der Waals surface area contributed by atoms with Gasteiger partial charge in [-0.05, 0) is 56.8 Å². The Kier molecular flexibility index (Phi) is 8.38. The van der Waals surface area contributed by atoms with Crippen molar-refractivity contribution in [3.05, 3.63) is 29.8 Å². The Morgan fingerprint density at radius 1 is 1.31 bits per heavy atom. The van der Waals surface area contributed by atoms with Crippen molar-refractivity contribution in [1.82, 2.24) is 15.5 Å². The topological polar surface area (TPSA) is 97.0 Å². The van der Waals surface area contributed by atoms with Gasteiger partial charge in [-0.2, -0.15) is 0 Å². The van der Waals surface area contributed by atoms with Crippen LogP contribution in [0.25, 0.3) is 0 Å². The normalized spacial score (nSPS) is 16.2. The number of piperazine rings is 1. The van der Waals surface area contributed by atoms with E-state index in [9.17, 15) is 14.4 Å². The molecule has 1 heterocycles. The summed E-state index contributed by atoms with van der Waals surface area (Å²) in [7, 11) is 0. The lowest BCUT2D eigenvalue weighted by atomic mass is 10.1. The van der Waals surface area contributed by atoms with Crippen LogP contribution in [0.5, 0.6) is 5.75 Å². The van der Waals surface area contributed by atoms with Crippen LogP contribution in [-0.4, -0.2) is 59.6 Å². The van der Waals surface area contributed by atoms with Crippen LogP contribution in [0.3, 0.4) is 0 Å². The van der Waals surface area contributed by atoms with Crippen LogP contribution in [-0.2, 0) is 14.3 Å². The molecule has 158 valence electrons. The van der Waals surface area contributed by atoms with Crippen molar-refractivity contribution in [2.24, 2.45) is 0 Å². The number of carbonyl (C=O) groups is 3. The Morgan fingerprint density at radius 2 is 2.00 bits per heavy atom. The molecule has 2 amide bonds. The largest absolute Gasteiger partial charge is 0.494 e. The van der Waals surface area contributed by atoms with Crippen LogP contribution < -0.4 is 15.4 Å². The highest BCUT2D eigenvalue weighted by Gasteiger charge is 2.34. The van der Waals surface area contributed by atoms with Crippen molar-refractivity contribution in [1.29, 1.82) is 0 Å². The number of hydrogen-bond donors (Lipinski definition) is 2. The lowest BCUT2D eigenvalue weighted by molar-refractivity contribution is -0.150. The highest BCUT2D eigenvalue weighted by Crippen LogP contribution is 2.14. The number of ether oxygens (including phenoxy) is 2. The number of amides is 2. The number of rotatable bonds is 7. The Hall–Kier alpha value is -2.68. The fourth-order valence-corrected chi connectivity index (χ4v) is 3.10. The summed E-state index contributed by atoms with van der Waals surface area (Å²) >= 11 is 5.34. The zero-order valence-corrected chi connectivity index (χ0v) is 17.7. The molecule has 0 bridgehead atoms. The quantitative estimate of drug-likeness (QED) is 0.510. The van der Waals surface area contributed by atoms with Gasteiger partial charge in [-0.25, -0.2) is 0 Å². The van der Waals surface area contributed by atoms with Gasteiger partial charge in [-0.15, -0.1) is 0 Å². The number of hydrogen-bond acceptors (Lipinski definition) is 6. The van der Waals surface area contributed by atoms with E-state index in [1.165, 1.54) is 0 Å². The first-order chi connectivity index (χ1) is 13.8. The molecule has 1 aliphatic rings. The van der Waals surface area contributed by atoms with E-state index in [1.54, 1.807) is 43.0 Å². The number of carbonyl (C=O) groups excluding carboxylic acids is 3. The third-order valence-corrected chi connectivity index (χ3v) is 4.47. The van der Waals surface area contributed by atoms with E-state index in [2.05, 4.69) is 10.6 Å². The molecule has 0 aromatic heterocycles. The van der Waals surface area contributed by atoms with Crippen molar-refractivity contribution in [2.75, 3.05) is 19.7 Å². The van der Waals surface area contributed by atoms with Crippen LogP contribution in [0.4, 0.5) is 0 Å². The second-order valence-corrected chi connectivity index (χ2v) is 7.26. The van der Waals surface area contributed by atoms with Crippen LogP contribution in [0, 0.1) is 0 Å². The van der Waals surface area contributed by atoms with E-state index < -0.39 is 17.9 Å². The van der Waals surface area contributed by atoms with Crippen LogP contribution in [0.15, 0.2) is 24.3 Å². The minimum atomic E-state index is -0.826. The summed E-state index contributed by atoms with van der Waals surface area (Å²) in [4.78, 5) is 38.3. The number of nitrogens with zero attached hydrogens (tertiary/aromatic N) is 1. The Morgan fingerprint density at radius 3 is 2.62 bits per heavy atom. The third-order valence-electron chi connectivity index (χ3n) is 4.13. The molecule has 0 saturated carbocycles. The van der Waals surface area contributed by atoms with Crippen molar-refractivity contribution < 1.29 is 23.9 Å². The van der Waals surface area contributed by atoms with Gasteiger partial charge in [0.25, 0.3) is 5.91 Å². The van der Waals surface area contributed by atoms with E-state index in [4.69, 9.17) is 21.7 Å². The molecule has 1 saturated heterocycles. The second-order valence-electron chi connectivity index (χ2n) is 6.88. The van der Waals surface area contributed by atoms with Gasteiger partial charge in [0.05, 0.1) is 19.1 Å². The summed E-state index contributed by atoms with van der Waals surface area (Å²) < 4.78 is 10.6. The molecule has 9 heteroatoms. The predicted octanol–water partition coefficient (Wildman–Crippen LogP) is 1.63. The van der Waals surface area contributed by atoms with Crippen LogP contribution in [0.2, 0.25) is 0 Å². The molecule has 29 heavy (non-hydrogen) atoms. The molecule has 1 aromatic carbocycles. The summed E-state index contributed by atoms with van der Waals surface area (Å²) in [6, 6.07) is 5.89. The van der Waals surface area contributed by atoms with Gasteiger partial charge in [0.2, 0.25) is 5.91 Å². The van der Waals surface area contributed by atoms with E-state index in [-0.39, 0.29) is 23.5 Å². The number of esters is 1. The zero-order valence-electron chi connectivity index (χ0n) is 16.9. The van der Waals surface area contributed by atoms with Crippen molar-refractivity contribution in [2.45, 2.75) is 45.8 Å². The van der Waals surface area contributed by atoms with Gasteiger partial charge in [-0.3, -0.25) is 19.7 Å². The average Bonchev–Trinajstić information content (AvgIpc) is 2.67. The smallest absolute Gasteiger partial charge is 0.308 e. The molecule has 1 unspecified atom stereocenters. The van der Waals surface area contributed by atoms with Gasteiger partial charge < -0.3 is 19.7 Å². The molecule has 1 fully saturated rings. The molecule has 0 spiro atoms. The van der Waals surface area contributed by atoms with Gasteiger partial charge >= 0.3 is 5.97 Å². The summed E-state index contributed by atoms with van der Waals surface area (Å²) in [6.07, 6.45) is 0.466. The Bertz CT molecular complexity index is 751. The van der Waals surface area contributed by atoms with E-state index in [0.29, 0.717) is 31.0 Å². The second kappa shape index (κ2) is 10.8. The maximum atomic E-state index is 12.5. The summed E-state index contributed by atoms with van der Waals surface area (Å²) in [5, 5.41) is 5.44. The summed E-state index contributed by atoms with van der Waals surface area (Å²) in [5.74, 6) is -0.538. The molecule has 0 aliphatic carbocycles. The standard InChI is InChI=1S/C20H27N3O5S/c1-4-11-27-15-7-5-14(6-8-15)18(25)22-20(29)23-10-9-21-19(26)16(23)12-17(24)28-13(2)3/h5-8,13,16H,4,9-12H2,1-3H3,(H,21,26)(H,22,25,29). The molecule has 2 rings (SSSR count). The molecule has 1 aromatic rings. The maximum absolute atomic E-state index is 12.5. The number of nitrogens with one attached hydrogen (secondary N) is 2. The zero-order chi connectivity index (χ0) is 21.4. The first-order valence-electron chi connectivity index (χ1n) is 9.63. The maximum Gasteiger partial charge on any atom is 0.308 e. The number of benzene rings is 1. The van der Waals surface area contributed by atoms with Crippen LogP contribution >= 0.6 is 12.2 Å². The van der Waals surface area contributed by atoms with E-state index >= 15 is 0 Å². The monoisotopic (exact) mass is 421 g/mol. The van der Waals surface area contributed by atoms with Crippen molar-refractivity contribution >= 4 is 35.1 Å². The lowest BCUT2D eigenvalue weighted by Crippen LogP contribution is -2.60. The average molecular weight is 422 g/mol. The molecular formula is C20H27N3O5S. The summed E-state index contributed by atoms with van der Waals surface area (Å²) in [6.45, 7) is 6.84. The molecular weight excluding hydrogens is 394 g/mol. The van der Waals surface area contributed by atoms with E-state index in [1.807, 2.05) is 6.92 Å². The summed E-state index contributed by atoms with van der Waals surface area (Å²) in [5.41, 5.74) is 0.411. The van der Waals surface area contributed by atoms with Gasteiger partial charge in [0.15, 0.2) is 5.11 Å². The molecule has 0 radical (unpaired) electrons. The van der Waals surface area contributed by atoms with Gasteiger partial charge in [0, 0.05) is 18.7 Å². The SMILES string of the molecule is CCCOc1ccc(C(=O)NC(=S)N2CCNC(=O)C2CC(=O)OC(C)C)cc1. The fraction of sp³-hybridized carbons (Fsp3) is 0.500. The highest BCUT2D eigenvalue weighted by molar-refractivity contribution is 7.80. The number of thiocarbonyl (C=S) groups is 1. The predicted molar refractivity (Wildman–Crippen MR) is 112 cm³/mol. The molecule has 8 nitrogen and oxygen atoms in total. The third kappa shape index (κ3) is 6.70. The Balaban J connectivity index is 2.01. The molecule has 1 aliphatic heterocycles. The minimum absolute atomic E-state index is 0.0958. The van der Waals surface area contributed by atoms with Crippen molar-refractivity contribution in [3.8, 4) is 5.75 Å². The first-order valence-corrected chi connectivity index (χ1v) is 10.0. The van der Waals surface area contributed by atoms with Crippen molar-refractivity contribution in [3.63, 3.8) is 0 Å².